The van der Waals surface area contributed by atoms with E-state index >= 15 is 0 Å². The van der Waals surface area contributed by atoms with Gasteiger partial charge in [-0.3, -0.25) is 0 Å². The fourth-order valence-electron chi connectivity index (χ4n) is 1.94. The molecule has 2 aromatic rings. The molecule has 1 unspecified atom stereocenters. The number of aryl methyl sites for hydroxylation is 1. The first-order valence-corrected chi connectivity index (χ1v) is 6.20. The van der Waals surface area contributed by atoms with E-state index < -0.39 is 0 Å². The molecule has 0 bridgehead atoms. The summed E-state index contributed by atoms with van der Waals surface area (Å²) in [4.78, 5) is 0. The maximum absolute atomic E-state index is 5.08. The summed E-state index contributed by atoms with van der Waals surface area (Å²) < 4.78 is 5.08. The van der Waals surface area contributed by atoms with Crippen molar-refractivity contribution >= 4 is 16.6 Å². The van der Waals surface area contributed by atoms with Crippen molar-refractivity contribution in [2.24, 2.45) is 0 Å². The molecule has 2 rings (SSSR count). The second kappa shape index (κ2) is 5.78. The summed E-state index contributed by atoms with van der Waals surface area (Å²) in [6.45, 7) is 4.84. The molecule has 1 aromatic carbocycles. The predicted molar refractivity (Wildman–Crippen MR) is 73.9 cm³/mol. The number of nitrogens with zero attached hydrogens (tertiary/aromatic N) is 2. The second-order valence-electron chi connectivity index (χ2n) is 4.51. The number of hydrogen-bond acceptors (Lipinski definition) is 4. The highest BCUT2D eigenvalue weighted by molar-refractivity contribution is 5.92. The molecule has 0 amide bonds. The first kappa shape index (κ1) is 12.8. The number of hydrogen-bond donors (Lipinski definition) is 1. The van der Waals surface area contributed by atoms with Gasteiger partial charge in [-0.25, -0.2) is 0 Å². The van der Waals surface area contributed by atoms with Crippen LogP contribution >= 0.6 is 0 Å². The SMILES string of the molecule is COCCC(C)Nc1nnc(C)c2ccccc12. The van der Waals surface area contributed by atoms with Crippen LogP contribution in [0.1, 0.15) is 19.0 Å². The molecule has 1 atom stereocenters. The molecule has 4 nitrogen and oxygen atoms in total. The van der Waals surface area contributed by atoms with Gasteiger partial charge in [-0.15, -0.1) is 5.10 Å². The highest BCUT2D eigenvalue weighted by Crippen LogP contribution is 2.22. The first-order chi connectivity index (χ1) is 8.72. The largest absolute Gasteiger partial charge is 0.385 e. The number of ether oxygens (including phenoxy) is 1. The van der Waals surface area contributed by atoms with Crippen LogP contribution < -0.4 is 5.32 Å². The molecule has 1 aromatic heterocycles. The van der Waals surface area contributed by atoms with E-state index in [-0.39, 0.29) is 0 Å². The number of aromatic nitrogens is 2. The summed E-state index contributed by atoms with van der Waals surface area (Å²) in [5.74, 6) is 0.847. The van der Waals surface area contributed by atoms with Crippen LogP contribution in [0.15, 0.2) is 24.3 Å². The molecule has 0 fully saturated rings. The van der Waals surface area contributed by atoms with Gasteiger partial charge in [0, 0.05) is 30.5 Å². The standard InChI is InChI=1S/C14H19N3O/c1-10(8-9-18-3)15-14-13-7-5-4-6-12(13)11(2)16-17-14/h4-7,10H,8-9H2,1-3H3,(H,15,17). The molecule has 1 N–H and O–H groups in total. The molecule has 18 heavy (non-hydrogen) atoms. The maximum Gasteiger partial charge on any atom is 0.156 e. The van der Waals surface area contributed by atoms with Gasteiger partial charge in [-0.1, -0.05) is 24.3 Å². The topological polar surface area (TPSA) is 47.0 Å². The number of benzene rings is 1. The lowest BCUT2D eigenvalue weighted by Crippen LogP contribution is -2.18. The van der Waals surface area contributed by atoms with E-state index in [2.05, 4.69) is 34.6 Å². The van der Waals surface area contributed by atoms with Gasteiger partial charge in [0.2, 0.25) is 0 Å². The average molecular weight is 245 g/mol. The van der Waals surface area contributed by atoms with Crippen LogP contribution in [0.4, 0.5) is 5.82 Å². The Bertz CT molecular complexity index is 527. The van der Waals surface area contributed by atoms with Gasteiger partial charge in [0.25, 0.3) is 0 Å². The van der Waals surface area contributed by atoms with Gasteiger partial charge in [0.05, 0.1) is 5.69 Å². The van der Waals surface area contributed by atoms with E-state index in [1.807, 2.05) is 19.1 Å². The van der Waals surface area contributed by atoms with E-state index in [1.165, 1.54) is 0 Å². The minimum atomic E-state index is 0.311. The molecule has 0 radical (unpaired) electrons. The van der Waals surface area contributed by atoms with E-state index in [0.717, 1.165) is 35.3 Å². The number of fused-ring (bicyclic) bond motifs is 1. The summed E-state index contributed by atoms with van der Waals surface area (Å²) in [5, 5.41) is 14.1. The minimum Gasteiger partial charge on any atom is -0.385 e. The van der Waals surface area contributed by atoms with Gasteiger partial charge in [-0.2, -0.15) is 5.10 Å². The second-order valence-corrected chi connectivity index (χ2v) is 4.51. The number of methoxy groups -OCH3 is 1. The van der Waals surface area contributed by atoms with Crippen molar-refractivity contribution in [2.45, 2.75) is 26.3 Å². The summed E-state index contributed by atoms with van der Waals surface area (Å²) in [6, 6.07) is 8.50. The lowest BCUT2D eigenvalue weighted by Gasteiger charge is -2.15. The molecule has 0 spiro atoms. The van der Waals surface area contributed by atoms with Crippen LogP contribution in [0.2, 0.25) is 0 Å². The van der Waals surface area contributed by atoms with Gasteiger partial charge >= 0.3 is 0 Å². The Morgan fingerprint density at radius 3 is 2.67 bits per heavy atom. The van der Waals surface area contributed by atoms with Crippen molar-refractivity contribution < 1.29 is 4.74 Å². The molecule has 4 heteroatoms. The van der Waals surface area contributed by atoms with Crippen LogP contribution in [0.3, 0.4) is 0 Å². The van der Waals surface area contributed by atoms with Crippen molar-refractivity contribution in [3.63, 3.8) is 0 Å². The van der Waals surface area contributed by atoms with Gasteiger partial charge in [0.1, 0.15) is 0 Å². The van der Waals surface area contributed by atoms with Crippen molar-refractivity contribution in [1.82, 2.24) is 10.2 Å². The van der Waals surface area contributed by atoms with Gasteiger partial charge < -0.3 is 10.1 Å². The zero-order chi connectivity index (χ0) is 13.0. The molecule has 0 aliphatic heterocycles. The number of rotatable bonds is 5. The molecule has 0 saturated carbocycles. The van der Waals surface area contributed by atoms with E-state index in [0.29, 0.717) is 6.04 Å². The van der Waals surface area contributed by atoms with Gasteiger partial charge in [0.15, 0.2) is 5.82 Å². The molecule has 0 aliphatic carbocycles. The Labute approximate surface area is 107 Å². The first-order valence-electron chi connectivity index (χ1n) is 6.20. The zero-order valence-corrected chi connectivity index (χ0v) is 11.1. The Balaban J connectivity index is 2.26. The summed E-state index contributed by atoms with van der Waals surface area (Å²) in [5.41, 5.74) is 0.959. The quantitative estimate of drug-likeness (QED) is 0.880. The predicted octanol–water partition coefficient (Wildman–Crippen LogP) is 2.78. The smallest absolute Gasteiger partial charge is 0.156 e. The fraction of sp³-hybridized carbons (Fsp3) is 0.429. The van der Waals surface area contributed by atoms with Crippen LogP contribution in [-0.2, 0) is 4.74 Å². The van der Waals surface area contributed by atoms with E-state index in [4.69, 9.17) is 4.74 Å². The van der Waals surface area contributed by atoms with Gasteiger partial charge in [-0.05, 0) is 20.3 Å². The lowest BCUT2D eigenvalue weighted by molar-refractivity contribution is 0.191. The van der Waals surface area contributed by atoms with Crippen molar-refractivity contribution in [3.05, 3.63) is 30.0 Å². The van der Waals surface area contributed by atoms with Crippen molar-refractivity contribution in [1.29, 1.82) is 0 Å². The maximum atomic E-state index is 5.08. The van der Waals surface area contributed by atoms with Crippen LogP contribution in [-0.4, -0.2) is 30.0 Å². The minimum absolute atomic E-state index is 0.311. The molecular formula is C14H19N3O. The number of anilines is 1. The van der Waals surface area contributed by atoms with E-state index in [9.17, 15) is 0 Å². The third-order valence-corrected chi connectivity index (χ3v) is 3.01. The van der Waals surface area contributed by atoms with Crippen LogP contribution in [0.25, 0.3) is 10.8 Å². The van der Waals surface area contributed by atoms with Crippen LogP contribution in [0, 0.1) is 6.92 Å². The molecular weight excluding hydrogens is 226 g/mol. The van der Waals surface area contributed by atoms with Crippen molar-refractivity contribution in [3.8, 4) is 0 Å². The average Bonchev–Trinajstić information content (AvgIpc) is 2.40. The third-order valence-electron chi connectivity index (χ3n) is 3.01. The third kappa shape index (κ3) is 2.76. The zero-order valence-electron chi connectivity index (χ0n) is 11.1. The lowest BCUT2D eigenvalue weighted by atomic mass is 10.1. The monoisotopic (exact) mass is 245 g/mol. The number of nitrogens with one attached hydrogen (secondary N) is 1. The Hall–Kier alpha value is -1.68. The van der Waals surface area contributed by atoms with Crippen molar-refractivity contribution in [2.75, 3.05) is 19.0 Å². The van der Waals surface area contributed by atoms with E-state index in [1.54, 1.807) is 7.11 Å². The summed E-state index contributed by atoms with van der Waals surface area (Å²) >= 11 is 0. The molecule has 0 aliphatic rings. The fourth-order valence-corrected chi connectivity index (χ4v) is 1.94. The normalized spacial score (nSPS) is 12.6. The Morgan fingerprint density at radius 2 is 1.94 bits per heavy atom. The molecule has 1 heterocycles. The Kier molecular flexibility index (Phi) is 4.10. The molecule has 0 saturated heterocycles. The highest BCUT2D eigenvalue weighted by atomic mass is 16.5. The van der Waals surface area contributed by atoms with Crippen LogP contribution in [0.5, 0.6) is 0 Å². The molecule has 96 valence electrons. The summed E-state index contributed by atoms with van der Waals surface area (Å²) in [7, 11) is 1.72. The summed E-state index contributed by atoms with van der Waals surface area (Å²) in [6.07, 6.45) is 0.945. The Morgan fingerprint density at radius 1 is 1.22 bits per heavy atom. The highest BCUT2D eigenvalue weighted by Gasteiger charge is 2.08.